The fourth-order valence-electron chi connectivity index (χ4n) is 3.58. The molecule has 2 amide bonds. The summed E-state index contributed by atoms with van der Waals surface area (Å²) in [7, 11) is 0. The number of para-hydroxylation sites is 1. The van der Waals surface area contributed by atoms with Gasteiger partial charge in [0.1, 0.15) is 6.04 Å². The number of carbonyl (C=O) groups is 2. The van der Waals surface area contributed by atoms with E-state index in [1.807, 2.05) is 54.6 Å². The third kappa shape index (κ3) is 5.13. The number of pyridine rings is 1. The number of aromatic amines is 1. The van der Waals surface area contributed by atoms with E-state index in [0.29, 0.717) is 24.9 Å². The van der Waals surface area contributed by atoms with Crippen LogP contribution in [0.2, 0.25) is 0 Å². The van der Waals surface area contributed by atoms with Crippen LogP contribution in [-0.2, 0) is 4.79 Å². The molecule has 162 valence electrons. The van der Waals surface area contributed by atoms with E-state index in [9.17, 15) is 9.59 Å². The van der Waals surface area contributed by atoms with Crippen LogP contribution in [-0.4, -0.2) is 34.4 Å². The molecule has 0 saturated carbocycles. The number of nitrogens with one attached hydrogen (secondary N) is 3. The van der Waals surface area contributed by atoms with Gasteiger partial charge in [-0.3, -0.25) is 14.6 Å². The Kier molecular flexibility index (Phi) is 6.46. The SMILES string of the molecule is NC(=O)C(CCCNc1ccccc1)NC(=O)c1ccc2[nH]c(-c3ccncc3)cc2c1. The van der Waals surface area contributed by atoms with Crippen LogP contribution in [0.4, 0.5) is 5.69 Å². The lowest BCUT2D eigenvalue weighted by Crippen LogP contribution is -2.44. The molecule has 32 heavy (non-hydrogen) atoms. The summed E-state index contributed by atoms with van der Waals surface area (Å²) in [5.41, 5.74) is 9.90. The Labute approximate surface area is 186 Å². The zero-order valence-electron chi connectivity index (χ0n) is 17.5. The van der Waals surface area contributed by atoms with E-state index in [0.717, 1.165) is 27.8 Å². The van der Waals surface area contributed by atoms with E-state index in [1.165, 1.54) is 0 Å². The van der Waals surface area contributed by atoms with Crippen molar-refractivity contribution in [2.45, 2.75) is 18.9 Å². The van der Waals surface area contributed by atoms with E-state index >= 15 is 0 Å². The van der Waals surface area contributed by atoms with Gasteiger partial charge in [0.05, 0.1) is 0 Å². The lowest BCUT2D eigenvalue weighted by molar-refractivity contribution is -0.120. The quantitative estimate of drug-likeness (QED) is 0.305. The highest BCUT2D eigenvalue weighted by atomic mass is 16.2. The Balaban J connectivity index is 1.38. The molecule has 2 aromatic carbocycles. The number of rotatable bonds is 9. The number of nitrogens with two attached hydrogens (primary N) is 1. The largest absolute Gasteiger partial charge is 0.385 e. The molecule has 4 rings (SSSR count). The Morgan fingerprint density at radius 3 is 2.53 bits per heavy atom. The highest BCUT2D eigenvalue weighted by Gasteiger charge is 2.19. The van der Waals surface area contributed by atoms with Crippen LogP contribution < -0.4 is 16.4 Å². The van der Waals surface area contributed by atoms with Gasteiger partial charge < -0.3 is 21.4 Å². The summed E-state index contributed by atoms with van der Waals surface area (Å²) in [6.45, 7) is 0.677. The lowest BCUT2D eigenvalue weighted by atomic mass is 10.1. The molecular weight excluding hydrogens is 402 g/mol. The first-order valence-electron chi connectivity index (χ1n) is 10.5. The Morgan fingerprint density at radius 2 is 1.78 bits per heavy atom. The van der Waals surface area contributed by atoms with Crippen molar-refractivity contribution in [1.29, 1.82) is 0 Å². The van der Waals surface area contributed by atoms with Gasteiger partial charge in [0.2, 0.25) is 5.91 Å². The minimum Gasteiger partial charge on any atom is -0.385 e. The van der Waals surface area contributed by atoms with Crippen LogP contribution in [0.5, 0.6) is 0 Å². The van der Waals surface area contributed by atoms with Crippen LogP contribution in [0.25, 0.3) is 22.2 Å². The molecule has 1 unspecified atom stereocenters. The van der Waals surface area contributed by atoms with E-state index in [4.69, 9.17) is 5.73 Å². The number of fused-ring (bicyclic) bond motifs is 1. The van der Waals surface area contributed by atoms with Crippen LogP contribution >= 0.6 is 0 Å². The first kappa shape index (κ1) is 21.1. The summed E-state index contributed by atoms with van der Waals surface area (Å²) in [5, 5.41) is 6.97. The van der Waals surface area contributed by atoms with Crippen molar-refractivity contribution in [3.63, 3.8) is 0 Å². The summed E-state index contributed by atoms with van der Waals surface area (Å²) in [5.74, 6) is -0.862. The van der Waals surface area contributed by atoms with Crippen LogP contribution in [0, 0.1) is 0 Å². The molecule has 7 heteroatoms. The summed E-state index contributed by atoms with van der Waals surface area (Å²) in [6.07, 6.45) is 4.62. The first-order valence-corrected chi connectivity index (χ1v) is 10.5. The molecular formula is C25H25N5O2. The number of primary amides is 1. The van der Waals surface area contributed by atoms with Gasteiger partial charge in [-0.15, -0.1) is 0 Å². The maximum absolute atomic E-state index is 12.8. The lowest BCUT2D eigenvalue weighted by Gasteiger charge is -2.16. The zero-order valence-corrected chi connectivity index (χ0v) is 17.5. The summed E-state index contributed by atoms with van der Waals surface area (Å²) < 4.78 is 0. The number of benzene rings is 2. The fourth-order valence-corrected chi connectivity index (χ4v) is 3.58. The minimum absolute atomic E-state index is 0.321. The zero-order chi connectivity index (χ0) is 22.3. The minimum atomic E-state index is -0.727. The average Bonchev–Trinajstić information content (AvgIpc) is 3.25. The number of hydrogen-bond acceptors (Lipinski definition) is 4. The molecule has 5 N–H and O–H groups in total. The van der Waals surface area contributed by atoms with Gasteiger partial charge >= 0.3 is 0 Å². The van der Waals surface area contributed by atoms with Gasteiger partial charge in [0.25, 0.3) is 5.91 Å². The third-order valence-electron chi connectivity index (χ3n) is 5.30. The van der Waals surface area contributed by atoms with Crippen LogP contribution in [0.1, 0.15) is 23.2 Å². The molecule has 0 radical (unpaired) electrons. The van der Waals surface area contributed by atoms with Crippen molar-refractivity contribution < 1.29 is 9.59 Å². The first-order chi connectivity index (χ1) is 15.6. The highest BCUT2D eigenvalue weighted by molar-refractivity contribution is 6.00. The van der Waals surface area contributed by atoms with Gasteiger partial charge in [-0.05, 0) is 61.4 Å². The van der Waals surface area contributed by atoms with E-state index in [2.05, 4.69) is 20.6 Å². The molecule has 0 saturated heterocycles. The smallest absolute Gasteiger partial charge is 0.251 e. The van der Waals surface area contributed by atoms with E-state index in [-0.39, 0.29) is 5.91 Å². The maximum Gasteiger partial charge on any atom is 0.251 e. The number of amides is 2. The number of anilines is 1. The van der Waals surface area contributed by atoms with Crippen LogP contribution in [0.15, 0.2) is 79.1 Å². The van der Waals surface area contributed by atoms with Gasteiger partial charge in [0, 0.05) is 52.3 Å². The second kappa shape index (κ2) is 9.78. The standard InChI is InChI=1S/C25H25N5O2/c26-24(31)22(7-4-12-28-20-5-2-1-3-6-20)30-25(32)18-8-9-21-19(15-18)16-23(29-21)17-10-13-27-14-11-17/h1-3,5-6,8-11,13-16,22,28-29H,4,7,12H2,(H2,26,31)(H,30,32). The number of hydrogen-bond donors (Lipinski definition) is 4. The second-order valence-corrected chi connectivity index (χ2v) is 7.58. The Morgan fingerprint density at radius 1 is 1.00 bits per heavy atom. The second-order valence-electron chi connectivity index (χ2n) is 7.58. The van der Waals surface area contributed by atoms with Crippen molar-refractivity contribution in [3.05, 3.63) is 84.7 Å². The summed E-state index contributed by atoms with van der Waals surface area (Å²) in [4.78, 5) is 32.0. The van der Waals surface area contributed by atoms with Gasteiger partial charge in [-0.1, -0.05) is 18.2 Å². The predicted octanol–water partition coefficient (Wildman–Crippen LogP) is 3.71. The molecule has 4 aromatic rings. The van der Waals surface area contributed by atoms with Crippen molar-refractivity contribution >= 4 is 28.4 Å². The molecule has 0 bridgehead atoms. The molecule has 0 fully saturated rings. The Hall–Kier alpha value is -4.13. The van der Waals surface area contributed by atoms with E-state index < -0.39 is 11.9 Å². The highest BCUT2D eigenvalue weighted by Crippen LogP contribution is 2.24. The fraction of sp³-hybridized carbons (Fsp3) is 0.160. The normalized spacial score (nSPS) is 11.8. The molecule has 0 aliphatic heterocycles. The maximum atomic E-state index is 12.8. The molecule has 2 heterocycles. The summed E-state index contributed by atoms with van der Waals surface area (Å²) in [6, 6.07) is 20.3. The van der Waals surface area contributed by atoms with Gasteiger partial charge in [0.15, 0.2) is 0 Å². The predicted molar refractivity (Wildman–Crippen MR) is 126 cm³/mol. The molecule has 0 aliphatic carbocycles. The molecule has 1 atom stereocenters. The van der Waals surface area contributed by atoms with E-state index in [1.54, 1.807) is 24.5 Å². The number of carbonyl (C=O) groups excluding carboxylic acids is 2. The van der Waals surface area contributed by atoms with Gasteiger partial charge in [-0.25, -0.2) is 0 Å². The number of nitrogens with zero attached hydrogens (tertiary/aromatic N) is 1. The number of aromatic nitrogens is 2. The molecule has 0 spiro atoms. The molecule has 0 aliphatic rings. The van der Waals surface area contributed by atoms with Crippen molar-refractivity contribution in [1.82, 2.24) is 15.3 Å². The number of H-pyrrole nitrogens is 1. The summed E-state index contributed by atoms with van der Waals surface area (Å²) >= 11 is 0. The third-order valence-corrected chi connectivity index (χ3v) is 5.30. The molecule has 7 nitrogen and oxygen atoms in total. The monoisotopic (exact) mass is 427 g/mol. The van der Waals surface area contributed by atoms with Crippen molar-refractivity contribution in [2.75, 3.05) is 11.9 Å². The van der Waals surface area contributed by atoms with Gasteiger partial charge in [-0.2, -0.15) is 0 Å². The topological polar surface area (TPSA) is 113 Å². The average molecular weight is 428 g/mol. The molecule has 2 aromatic heterocycles. The van der Waals surface area contributed by atoms with Crippen molar-refractivity contribution in [3.8, 4) is 11.3 Å². The van der Waals surface area contributed by atoms with Crippen molar-refractivity contribution in [2.24, 2.45) is 5.73 Å². The Bertz CT molecular complexity index is 1200. The van der Waals surface area contributed by atoms with Crippen LogP contribution in [0.3, 0.4) is 0 Å².